The summed E-state index contributed by atoms with van der Waals surface area (Å²) in [6.45, 7) is 0.345. The van der Waals surface area contributed by atoms with Crippen LogP contribution in [0.5, 0.6) is 11.5 Å². The number of hydrogen-bond donors (Lipinski definition) is 1. The van der Waals surface area contributed by atoms with Gasteiger partial charge in [-0.2, -0.15) is 0 Å². The molecule has 1 atom stereocenters. The van der Waals surface area contributed by atoms with Crippen LogP contribution < -0.4 is 15.5 Å². The first-order valence-corrected chi connectivity index (χ1v) is 7.23. The second-order valence-corrected chi connectivity index (χ2v) is 5.18. The predicted octanol–water partition coefficient (Wildman–Crippen LogP) is 1.32. The van der Waals surface area contributed by atoms with E-state index in [2.05, 4.69) is 5.32 Å². The molecule has 23 heavy (non-hydrogen) atoms. The SMILES string of the molecule is [B]c1ccc(Oc2ccc(C(=O)NC3CCOC3=O)cc2)cc1. The van der Waals surface area contributed by atoms with Crippen molar-refractivity contribution >= 4 is 25.2 Å². The Balaban J connectivity index is 1.63. The van der Waals surface area contributed by atoms with E-state index in [0.717, 1.165) is 0 Å². The van der Waals surface area contributed by atoms with Gasteiger partial charge >= 0.3 is 5.97 Å². The van der Waals surface area contributed by atoms with E-state index in [1.807, 2.05) is 0 Å². The highest BCUT2D eigenvalue weighted by Gasteiger charge is 2.28. The highest BCUT2D eigenvalue weighted by molar-refractivity contribution is 6.32. The fourth-order valence-corrected chi connectivity index (χ4v) is 2.21. The maximum absolute atomic E-state index is 12.1. The summed E-state index contributed by atoms with van der Waals surface area (Å²) in [4.78, 5) is 23.4. The fourth-order valence-electron chi connectivity index (χ4n) is 2.21. The van der Waals surface area contributed by atoms with E-state index in [9.17, 15) is 9.59 Å². The molecule has 0 aliphatic carbocycles. The van der Waals surface area contributed by atoms with Crippen molar-refractivity contribution < 1.29 is 19.1 Å². The van der Waals surface area contributed by atoms with Gasteiger partial charge in [0.25, 0.3) is 5.91 Å². The summed E-state index contributed by atoms with van der Waals surface area (Å²) in [5, 5.41) is 2.65. The highest BCUT2D eigenvalue weighted by atomic mass is 16.5. The Morgan fingerprint density at radius 2 is 1.70 bits per heavy atom. The maximum atomic E-state index is 12.1. The first-order chi connectivity index (χ1) is 11.1. The molecular formula is C17H14BNO4. The van der Waals surface area contributed by atoms with Gasteiger partial charge in [-0.25, -0.2) is 4.79 Å². The minimum Gasteiger partial charge on any atom is -0.464 e. The van der Waals surface area contributed by atoms with Crippen LogP contribution in [0, 0.1) is 0 Å². The van der Waals surface area contributed by atoms with Crippen LogP contribution in [0.3, 0.4) is 0 Å². The summed E-state index contributed by atoms with van der Waals surface area (Å²) in [5.74, 6) is 0.561. The van der Waals surface area contributed by atoms with Crippen molar-refractivity contribution in [1.82, 2.24) is 5.32 Å². The number of amides is 1. The van der Waals surface area contributed by atoms with Gasteiger partial charge < -0.3 is 14.8 Å². The lowest BCUT2D eigenvalue weighted by molar-refractivity contribution is -0.139. The number of ether oxygens (including phenoxy) is 2. The summed E-state index contributed by atoms with van der Waals surface area (Å²) >= 11 is 0. The van der Waals surface area contributed by atoms with Gasteiger partial charge in [0.05, 0.1) is 6.61 Å². The molecule has 1 fully saturated rings. The predicted molar refractivity (Wildman–Crippen MR) is 85.2 cm³/mol. The number of benzene rings is 2. The molecule has 1 aliphatic heterocycles. The highest BCUT2D eigenvalue weighted by Crippen LogP contribution is 2.21. The van der Waals surface area contributed by atoms with Crippen LogP contribution in [0.25, 0.3) is 0 Å². The van der Waals surface area contributed by atoms with E-state index in [-0.39, 0.29) is 11.9 Å². The minimum absolute atomic E-state index is 0.312. The maximum Gasteiger partial charge on any atom is 0.328 e. The van der Waals surface area contributed by atoms with Gasteiger partial charge in [0.15, 0.2) is 0 Å². The zero-order chi connectivity index (χ0) is 16.2. The molecule has 0 spiro atoms. The second-order valence-electron chi connectivity index (χ2n) is 5.18. The molecule has 5 nitrogen and oxygen atoms in total. The number of cyclic esters (lactones) is 1. The Morgan fingerprint density at radius 3 is 2.26 bits per heavy atom. The van der Waals surface area contributed by atoms with E-state index < -0.39 is 6.04 Å². The lowest BCUT2D eigenvalue weighted by Gasteiger charge is -2.10. The van der Waals surface area contributed by atoms with Crippen LogP contribution in [-0.2, 0) is 9.53 Å². The van der Waals surface area contributed by atoms with Crippen LogP contribution in [0.2, 0.25) is 0 Å². The average Bonchev–Trinajstić information content (AvgIpc) is 2.95. The zero-order valence-electron chi connectivity index (χ0n) is 12.3. The number of hydrogen-bond acceptors (Lipinski definition) is 4. The van der Waals surface area contributed by atoms with Crippen LogP contribution in [-0.4, -0.2) is 32.4 Å². The summed E-state index contributed by atoms with van der Waals surface area (Å²) in [7, 11) is 5.62. The quantitative estimate of drug-likeness (QED) is 0.683. The van der Waals surface area contributed by atoms with Gasteiger partial charge in [-0.15, -0.1) is 0 Å². The summed E-state index contributed by atoms with van der Waals surface area (Å²) < 4.78 is 10.5. The van der Waals surface area contributed by atoms with Crippen molar-refractivity contribution in [3.8, 4) is 11.5 Å². The van der Waals surface area contributed by atoms with E-state index in [1.165, 1.54) is 0 Å². The number of carbonyl (C=O) groups is 2. The van der Waals surface area contributed by atoms with E-state index >= 15 is 0 Å². The molecule has 1 aliphatic rings. The summed E-state index contributed by atoms with van der Waals surface area (Å²) in [6.07, 6.45) is 0.503. The molecule has 1 heterocycles. The first kappa shape index (κ1) is 15.2. The number of nitrogens with one attached hydrogen (secondary N) is 1. The van der Waals surface area contributed by atoms with Crippen molar-refractivity contribution in [2.45, 2.75) is 12.5 Å². The van der Waals surface area contributed by atoms with Gasteiger partial charge in [-0.05, 0) is 36.4 Å². The average molecular weight is 307 g/mol. The topological polar surface area (TPSA) is 64.6 Å². The van der Waals surface area contributed by atoms with Crippen molar-refractivity contribution in [3.05, 3.63) is 54.1 Å². The van der Waals surface area contributed by atoms with Gasteiger partial charge in [-0.1, -0.05) is 17.6 Å². The Hall–Kier alpha value is -2.76. The number of carbonyl (C=O) groups excluding carboxylic acids is 2. The summed E-state index contributed by atoms with van der Waals surface area (Å²) in [6, 6.07) is 13.1. The van der Waals surface area contributed by atoms with Gasteiger partial charge in [0, 0.05) is 12.0 Å². The van der Waals surface area contributed by atoms with Gasteiger partial charge in [0.2, 0.25) is 0 Å². The van der Waals surface area contributed by atoms with E-state index in [1.54, 1.807) is 48.5 Å². The van der Waals surface area contributed by atoms with Gasteiger partial charge in [-0.3, -0.25) is 4.79 Å². The largest absolute Gasteiger partial charge is 0.464 e. The monoisotopic (exact) mass is 307 g/mol. The van der Waals surface area contributed by atoms with E-state index in [4.69, 9.17) is 17.3 Å². The molecule has 1 unspecified atom stereocenters. The molecule has 6 heteroatoms. The Labute approximate surface area is 135 Å². The molecule has 1 saturated heterocycles. The molecule has 2 aromatic rings. The molecule has 3 rings (SSSR count). The molecule has 1 amide bonds. The molecule has 2 aromatic carbocycles. The first-order valence-electron chi connectivity index (χ1n) is 7.23. The van der Waals surface area contributed by atoms with Crippen LogP contribution in [0.15, 0.2) is 48.5 Å². The molecule has 1 N–H and O–H groups in total. The van der Waals surface area contributed by atoms with Crippen molar-refractivity contribution in [1.29, 1.82) is 0 Å². The van der Waals surface area contributed by atoms with Crippen LogP contribution >= 0.6 is 0 Å². The van der Waals surface area contributed by atoms with Crippen molar-refractivity contribution in [2.24, 2.45) is 0 Å². The zero-order valence-corrected chi connectivity index (χ0v) is 12.3. The normalized spacial score (nSPS) is 16.7. The molecule has 2 radical (unpaired) electrons. The second kappa shape index (κ2) is 6.56. The third-order valence-corrected chi connectivity index (χ3v) is 3.47. The van der Waals surface area contributed by atoms with Crippen molar-refractivity contribution in [2.75, 3.05) is 6.61 Å². The molecule has 0 aromatic heterocycles. The number of rotatable bonds is 4. The van der Waals surface area contributed by atoms with Crippen LogP contribution in [0.4, 0.5) is 0 Å². The smallest absolute Gasteiger partial charge is 0.328 e. The summed E-state index contributed by atoms with van der Waals surface area (Å²) in [5.41, 5.74) is 1.11. The lowest BCUT2D eigenvalue weighted by atomic mass is 9.97. The van der Waals surface area contributed by atoms with Crippen LogP contribution in [0.1, 0.15) is 16.8 Å². The lowest BCUT2D eigenvalue weighted by Crippen LogP contribution is -2.37. The fraction of sp³-hybridized carbons (Fsp3) is 0.176. The van der Waals surface area contributed by atoms with E-state index in [0.29, 0.717) is 35.6 Å². The molecule has 0 saturated carbocycles. The number of esters is 1. The molecule has 0 bridgehead atoms. The van der Waals surface area contributed by atoms with Gasteiger partial charge in [0.1, 0.15) is 25.4 Å². The molecular weight excluding hydrogens is 293 g/mol. The standard InChI is InChI=1S/C17H14BNO4/c18-12-3-7-14(8-4-12)23-13-5-1-11(2-6-13)16(20)19-15-9-10-22-17(15)21/h1-8,15H,9-10H2,(H,19,20). The Kier molecular flexibility index (Phi) is 4.32. The Bertz CT molecular complexity index is 712. The molecule has 114 valence electrons. The van der Waals surface area contributed by atoms with Crippen molar-refractivity contribution in [3.63, 3.8) is 0 Å². The third-order valence-electron chi connectivity index (χ3n) is 3.47. The third kappa shape index (κ3) is 3.72. The Morgan fingerprint density at radius 1 is 1.09 bits per heavy atom. The minimum atomic E-state index is -0.562.